The second-order valence-electron chi connectivity index (χ2n) is 11.4. The molecule has 6 aromatic rings. The van der Waals surface area contributed by atoms with E-state index in [1.165, 1.54) is 22.0 Å². The van der Waals surface area contributed by atoms with Crippen molar-refractivity contribution in [3.8, 4) is 0 Å². The van der Waals surface area contributed by atoms with Crippen molar-refractivity contribution in [2.24, 2.45) is 0 Å². The Morgan fingerprint density at radius 1 is 0.386 bits per heavy atom. The first-order chi connectivity index (χ1) is 21.5. The van der Waals surface area contributed by atoms with Crippen LogP contribution in [0.2, 0.25) is 0 Å². The highest BCUT2D eigenvalue weighted by molar-refractivity contribution is 7.74. The molecule has 0 radical (unpaired) electrons. The molecular weight excluding hydrogens is 551 g/mol. The van der Waals surface area contributed by atoms with Crippen LogP contribution in [-0.2, 0) is 0 Å². The summed E-state index contributed by atoms with van der Waals surface area (Å²) in [5, 5.41) is 2.64. The summed E-state index contributed by atoms with van der Waals surface area (Å²) in [6.07, 6.45) is 0. The van der Waals surface area contributed by atoms with Crippen LogP contribution >= 0.6 is 7.92 Å². The number of para-hydroxylation sites is 6. The molecule has 0 aliphatic rings. The minimum Gasteiger partial charge on any atom is -0.358 e. The molecule has 0 fully saturated rings. The Morgan fingerprint density at radius 2 is 0.636 bits per heavy atom. The van der Waals surface area contributed by atoms with E-state index in [1.807, 2.05) is 0 Å². The quantitative estimate of drug-likeness (QED) is 0.0893. The van der Waals surface area contributed by atoms with Crippen molar-refractivity contribution in [3.05, 3.63) is 184 Å². The maximum absolute atomic E-state index is 4.97. The lowest BCUT2D eigenvalue weighted by Gasteiger charge is -2.45. The molecule has 3 heteroatoms. The average molecular weight is 591 g/mol. The van der Waals surface area contributed by atoms with Crippen molar-refractivity contribution in [3.63, 3.8) is 0 Å². The van der Waals surface area contributed by atoms with Gasteiger partial charge in [-0.1, -0.05) is 111 Å². The van der Waals surface area contributed by atoms with Crippen LogP contribution in [0, 0.1) is 14.1 Å². The van der Waals surface area contributed by atoms with Crippen LogP contribution in [-0.4, -0.2) is 5.66 Å². The molecular formula is C41H39N2P. The molecule has 218 valence electrons. The van der Waals surface area contributed by atoms with Gasteiger partial charge in [0.2, 0.25) is 0 Å². The topological polar surface area (TPSA) is 0 Å². The first-order valence-electron chi connectivity index (χ1n) is 15.1. The van der Waals surface area contributed by atoms with Crippen LogP contribution in [0.15, 0.2) is 170 Å². The molecule has 0 bridgehead atoms. The smallest absolute Gasteiger partial charge is 0.124 e. The lowest BCUT2D eigenvalue weighted by molar-refractivity contribution is 0.684. The van der Waals surface area contributed by atoms with Gasteiger partial charge >= 0.3 is 0 Å². The number of quaternary nitrogens is 2. The fourth-order valence-corrected chi connectivity index (χ4v) is 9.10. The molecule has 0 aliphatic heterocycles. The van der Waals surface area contributed by atoms with Crippen LogP contribution in [0.4, 0.5) is 34.1 Å². The van der Waals surface area contributed by atoms with Gasteiger partial charge in [0.15, 0.2) is 0 Å². The van der Waals surface area contributed by atoms with E-state index in [0.717, 1.165) is 22.7 Å². The first-order valence-corrected chi connectivity index (χ1v) is 16.5. The fraction of sp³-hybridized carbons (Fsp3) is 0.0732. The van der Waals surface area contributed by atoms with Crippen molar-refractivity contribution in [2.45, 2.75) is 19.5 Å². The Kier molecular flexibility index (Phi) is 8.60. The molecule has 0 amide bonds. The molecule has 6 rings (SSSR count). The third-order valence-electron chi connectivity index (χ3n) is 8.41. The Morgan fingerprint density at radius 3 is 0.909 bits per heavy atom. The van der Waals surface area contributed by atoms with E-state index >= 15 is 0 Å². The molecule has 0 aliphatic carbocycles. The summed E-state index contributed by atoms with van der Waals surface area (Å²) in [4.78, 5) is 0. The highest BCUT2D eigenvalue weighted by atomic mass is 31.1. The molecule has 44 heavy (non-hydrogen) atoms. The third-order valence-corrected chi connectivity index (χ3v) is 11.2. The second kappa shape index (κ2) is 12.7. The number of hydrogen-bond donors (Lipinski definition) is 0. The maximum atomic E-state index is 4.97. The van der Waals surface area contributed by atoms with E-state index in [-0.39, 0.29) is 0 Å². The van der Waals surface area contributed by atoms with E-state index in [0.29, 0.717) is 14.6 Å². The highest BCUT2D eigenvalue weighted by Crippen LogP contribution is 2.52. The Labute approximate surface area is 264 Å². The van der Waals surface area contributed by atoms with Crippen LogP contribution < -0.4 is 19.6 Å². The fourth-order valence-electron chi connectivity index (χ4n) is 6.25. The number of nitrogens with zero attached hydrogens (tertiary/aromatic N) is 2. The van der Waals surface area contributed by atoms with Crippen molar-refractivity contribution < 1.29 is 0 Å². The molecule has 0 heterocycles. The number of rotatable bonds is 9. The molecule has 0 N–H and O–H groups in total. The second-order valence-corrected chi connectivity index (χ2v) is 14.1. The molecule has 0 unspecified atom stereocenters. The zero-order valence-electron chi connectivity index (χ0n) is 25.5. The summed E-state index contributed by atoms with van der Waals surface area (Å²) in [6, 6.07) is 60.5. The van der Waals surface area contributed by atoms with Gasteiger partial charge in [-0.3, -0.25) is 0 Å². The minimum atomic E-state index is -0.853. The molecule has 0 saturated heterocycles. The summed E-state index contributed by atoms with van der Waals surface area (Å²) < 4.78 is 0.653. The van der Waals surface area contributed by atoms with Crippen molar-refractivity contribution in [1.29, 1.82) is 0 Å². The van der Waals surface area contributed by atoms with E-state index in [1.54, 1.807) is 0 Å². The van der Waals surface area contributed by atoms with Gasteiger partial charge in [0.25, 0.3) is 0 Å². The van der Waals surface area contributed by atoms with Crippen LogP contribution in [0.5, 0.6) is 0 Å². The van der Waals surface area contributed by atoms with Gasteiger partial charge in [-0.15, -0.1) is 14.1 Å². The van der Waals surface area contributed by atoms with Crippen molar-refractivity contribution in [2.75, 3.05) is 0 Å². The van der Waals surface area contributed by atoms with Gasteiger partial charge in [0.05, 0.1) is 0 Å². The van der Waals surface area contributed by atoms with Gasteiger partial charge in [-0.05, 0) is 86.4 Å². The van der Waals surface area contributed by atoms with Gasteiger partial charge in [-0.25, -0.2) is 0 Å². The highest BCUT2D eigenvalue weighted by Gasteiger charge is 2.36. The van der Waals surface area contributed by atoms with Crippen LogP contribution in [0.25, 0.3) is 0 Å². The molecule has 6 aromatic carbocycles. The number of benzene rings is 6. The van der Waals surface area contributed by atoms with E-state index in [4.69, 9.17) is 14.1 Å². The SMILES string of the molecule is [CH2-][N+](c1ccccc1)(c1ccccc1)c1ccccc1P(c1ccccc1[N+]([CH2-])(c1ccccc1)c1ccccc1)C(C)C. The normalized spacial score (nSPS) is 12.0. The summed E-state index contributed by atoms with van der Waals surface area (Å²) >= 11 is 0. The van der Waals surface area contributed by atoms with Crippen molar-refractivity contribution >= 4 is 52.7 Å². The molecule has 0 aromatic heterocycles. The molecule has 2 nitrogen and oxygen atoms in total. The van der Waals surface area contributed by atoms with Crippen LogP contribution in [0.1, 0.15) is 13.8 Å². The average Bonchev–Trinajstić information content (AvgIpc) is 3.09. The Hall–Kier alpha value is -4.33. The predicted molar refractivity (Wildman–Crippen MR) is 193 cm³/mol. The third kappa shape index (κ3) is 5.31. The lowest BCUT2D eigenvalue weighted by atomic mass is 10.1. The predicted octanol–water partition coefficient (Wildman–Crippen LogP) is 11.1. The molecule has 0 saturated carbocycles. The zero-order chi connectivity index (χ0) is 30.6. The minimum absolute atomic E-state index is 0.327. The summed E-state index contributed by atoms with van der Waals surface area (Å²) in [5.41, 5.74) is 7.19. The van der Waals surface area contributed by atoms with Gasteiger partial charge in [0.1, 0.15) is 34.1 Å². The van der Waals surface area contributed by atoms with E-state index in [2.05, 4.69) is 184 Å². The molecule has 0 atom stereocenters. The monoisotopic (exact) mass is 590 g/mol. The largest absolute Gasteiger partial charge is 0.358 e. The summed E-state index contributed by atoms with van der Waals surface area (Å²) in [7, 11) is 9.10. The van der Waals surface area contributed by atoms with Crippen LogP contribution in [0.3, 0.4) is 0 Å². The molecule has 0 spiro atoms. The lowest BCUT2D eigenvalue weighted by Crippen LogP contribution is -2.38. The first kappa shape index (κ1) is 29.7. The summed E-state index contributed by atoms with van der Waals surface area (Å²) in [6.45, 7) is 4.70. The Balaban J connectivity index is 1.62. The van der Waals surface area contributed by atoms with E-state index < -0.39 is 7.92 Å². The van der Waals surface area contributed by atoms with Gasteiger partial charge < -0.3 is 8.97 Å². The number of hydrogen-bond acceptors (Lipinski definition) is 0. The Bertz CT molecular complexity index is 1590. The van der Waals surface area contributed by atoms with Gasteiger partial charge in [-0.2, -0.15) is 0 Å². The maximum Gasteiger partial charge on any atom is 0.124 e. The standard InChI is InChI=1S/C41H39N2P/c1-33(2)44(40-31-19-17-29-38(40)42(3,34-21-9-5-10-22-34)35-23-11-6-12-24-35)41-32-20-18-30-39(41)43(4,36-25-13-7-14-26-36)37-27-15-8-16-28-37/h5-33H,3-4H2,1-2H3. The summed E-state index contributed by atoms with van der Waals surface area (Å²) in [5.74, 6) is 0. The van der Waals surface area contributed by atoms with Gasteiger partial charge in [0, 0.05) is 10.6 Å². The van der Waals surface area contributed by atoms with Crippen molar-refractivity contribution in [1.82, 2.24) is 8.97 Å². The zero-order valence-corrected chi connectivity index (χ0v) is 26.4. The van der Waals surface area contributed by atoms with E-state index in [9.17, 15) is 0 Å².